The van der Waals surface area contributed by atoms with Crippen LogP contribution in [0.1, 0.15) is 23.4 Å². The maximum absolute atomic E-state index is 12.5. The van der Waals surface area contributed by atoms with Gasteiger partial charge in [-0.1, -0.05) is 0 Å². The molecule has 0 aromatic carbocycles. The Morgan fingerprint density at radius 1 is 1.47 bits per heavy atom. The van der Waals surface area contributed by atoms with Crippen LogP contribution in [0.3, 0.4) is 0 Å². The summed E-state index contributed by atoms with van der Waals surface area (Å²) >= 11 is 0. The van der Waals surface area contributed by atoms with E-state index in [0.717, 1.165) is 6.07 Å². The summed E-state index contributed by atoms with van der Waals surface area (Å²) in [5.41, 5.74) is 4.48. The molecule has 0 bridgehead atoms. The number of pyridine rings is 1. The molecule has 0 aliphatic heterocycles. The van der Waals surface area contributed by atoms with Gasteiger partial charge in [-0.15, -0.1) is 0 Å². The number of anilines is 1. The van der Waals surface area contributed by atoms with Gasteiger partial charge < -0.3 is 5.73 Å². The summed E-state index contributed by atoms with van der Waals surface area (Å²) in [5.74, 6) is 0. The highest BCUT2D eigenvalue weighted by Gasteiger charge is 2.18. The third-order valence-electron chi connectivity index (χ3n) is 1.75. The quantitative estimate of drug-likeness (QED) is 0.798. The molecule has 0 atom stereocenters. The lowest BCUT2D eigenvalue weighted by Gasteiger charge is -2.08. The fourth-order valence-electron chi connectivity index (χ4n) is 1.15. The van der Waals surface area contributed by atoms with E-state index in [1.54, 1.807) is 12.1 Å². The molecule has 76 valence electrons. The van der Waals surface area contributed by atoms with E-state index in [2.05, 4.69) is 4.98 Å². The molecule has 0 spiro atoms. The van der Waals surface area contributed by atoms with Gasteiger partial charge in [-0.05, 0) is 6.07 Å². The molecule has 6 heteroatoms. The summed E-state index contributed by atoms with van der Waals surface area (Å²) in [6.45, 7) is 0. The summed E-state index contributed by atoms with van der Waals surface area (Å²) < 4.78 is 25.1. The first-order chi connectivity index (χ1) is 7.10. The first-order valence-corrected chi connectivity index (χ1v) is 3.94. The van der Waals surface area contributed by atoms with Gasteiger partial charge in [0.1, 0.15) is 11.8 Å². The zero-order chi connectivity index (χ0) is 11.4. The maximum Gasteiger partial charge on any atom is 0.267 e. The number of nitrogens with two attached hydrogens (primary N) is 1. The van der Waals surface area contributed by atoms with Crippen molar-refractivity contribution in [3.8, 4) is 12.1 Å². The monoisotopic (exact) mass is 208 g/mol. The highest BCUT2D eigenvalue weighted by molar-refractivity contribution is 5.53. The van der Waals surface area contributed by atoms with E-state index in [-0.39, 0.29) is 23.5 Å². The van der Waals surface area contributed by atoms with Gasteiger partial charge in [0.15, 0.2) is 0 Å². The van der Waals surface area contributed by atoms with Crippen LogP contribution in [0, 0.1) is 22.7 Å². The van der Waals surface area contributed by atoms with Gasteiger partial charge >= 0.3 is 0 Å². The van der Waals surface area contributed by atoms with E-state index in [1.807, 2.05) is 0 Å². The van der Waals surface area contributed by atoms with Crippen LogP contribution in [0.4, 0.5) is 14.5 Å². The van der Waals surface area contributed by atoms with Crippen LogP contribution in [0.15, 0.2) is 6.07 Å². The molecule has 2 N–H and O–H groups in total. The Balaban J connectivity index is 3.38. The van der Waals surface area contributed by atoms with Crippen LogP contribution in [-0.2, 0) is 6.42 Å². The van der Waals surface area contributed by atoms with Gasteiger partial charge in [0, 0.05) is 5.69 Å². The summed E-state index contributed by atoms with van der Waals surface area (Å²) in [6.07, 6.45) is -3.09. The maximum atomic E-state index is 12.5. The summed E-state index contributed by atoms with van der Waals surface area (Å²) in [7, 11) is 0. The third-order valence-corrected chi connectivity index (χ3v) is 1.75. The predicted molar refractivity (Wildman–Crippen MR) is 47.6 cm³/mol. The number of nitriles is 2. The van der Waals surface area contributed by atoms with Crippen molar-refractivity contribution >= 4 is 5.69 Å². The number of nitrogen functional groups attached to an aromatic ring is 1. The van der Waals surface area contributed by atoms with Gasteiger partial charge in [0.2, 0.25) is 0 Å². The van der Waals surface area contributed by atoms with E-state index in [4.69, 9.17) is 16.3 Å². The third kappa shape index (κ3) is 2.18. The number of hydrogen-bond donors (Lipinski definition) is 1. The number of hydrogen-bond acceptors (Lipinski definition) is 4. The molecule has 0 unspecified atom stereocenters. The van der Waals surface area contributed by atoms with Gasteiger partial charge in [0.05, 0.1) is 23.7 Å². The number of aromatic nitrogens is 1. The molecule has 0 amide bonds. The van der Waals surface area contributed by atoms with Crippen molar-refractivity contribution in [1.82, 2.24) is 4.98 Å². The van der Waals surface area contributed by atoms with Crippen LogP contribution < -0.4 is 5.73 Å². The zero-order valence-corrected chi connectivity index (χ0v) is 7.54. The minimum Gasteiger partial charge on any atom is -0.398 e. The summed E-state index contributed by atoms with van der Waals surface area (Å²) in [4.78, 5) is 3.62. The number of rotatable bonds is 2. The lowest BCUT2D eigenvalue weighted by Crippen LogP contribution is -2.05. The molecular weight excluding hydrogens is 202 g/mol. The van der Waals surface area contributed by atoms with Crippen LogP contribution in [0.25, 0.3) is 0 Å². The molecule has 0 fully saturated rings. The van der Waals surface area contributed by atoms with E-state index < -0.39 is 12.0 Å². The van der Waals surface area contributed by atoms with E-state index >= 15 is 0 Å². The Bertz CT molecular complexity index is 456. The van der Waals surface area contributed by atoms with Crippen LogP contribution in [0.5, 0.6) is 0 Å². The second-order valence-corrected chi connectivity index (χ2v) is 2.70. The van der Waals surface area contributed by atoms with Gasteiger partial charge in [-0.25, -0.2) is 13.8 Å². The van der Waals surface area contributed by atoms with Crippen LogP contribution >= 0.6 is 0 Å². The largest absolute Gasteiger partial charge is 0.398 e. The molecule has 1 heterocycles. The van der Waals surface area contributed by atoms with Crippen LogP contribution in [-0.4, -0.2) is 4.98 Å². The van der Waals surface area contributed by atoms with Crippen molar-refractivity contribution in [2.75, 3.05) is 5.73 Å². The Labute approximate surface area is 84.6 Å². The predicted octanol–water partition coefficient (Wildman–Crippen LogP) is 1.54. The minimum absolute atomic E-state index is 0.0675. The van der Waals surface area contributed by atoms with E-state index in [0.29, 0.717) is 0 Å². The molecule has 0 aliphatic carbocycles. The molecule has 0 aliphatic rings. The lowest BCUT2D eigenvalue weighted by molar-refractivity contribution is 0.150. The Kier molecular flexibility index (Phi) is 3.14. The van der Waals surface area contributed by atoms with Crippen molar-refractivity contribution in [1.29, 1.82) is 10.5 Å². The second kappa shape index (κ2) is 4.34. The first kappa shape index (κ1) is 10.9. The topological polar surface area (TPSA) is 86.5 Å². The molecule has 1 aromatic rings. The molecule has 1 aromatic heterocycles. The zero-order valence-electron chi connectivity index (χ0n) is 7.54. The molecule has 0 radical (unpaired) electrons. The van der Waals surface area contributed by atoms with Crippen molar-refractivity contribution in [3.05, 3.63) is 23.0 Å². The van der Waals surface area contributed by atoms with Crippen LogP contribution in [0.2, 0.25) is 0 Å². The van der Waals surface area contributed by atoms with Gasteiger partial charge in [-0.3, -0.25) is 0 Å². The van der Waals surface area contributed by atoms with Crippen molar-refractivity contribution in [2.24, 2.45) is 0 Å². The van der Waals surface area contributed by atoms with Gasteiger partial charge in [0.25, 0.3) is 6.43 Å². The number of nitrogens with zero attached hydrogens (tertiary/aromatic N) is 3. The van der Waals surface area contributed by atoms with Crippen molar-refractivity contribution in [2.45, 2.75) is 12.8 Å². The van der Waals surface area contributed by atoms with Crippen molar-refractivity contribution in [3.63, 3.8) is 0 Å². The average Bonchev–Trinajstić information content (AvgIpc) is 2.16. The van der Waals surface area contributed by atoms with E-state index in [1.165, 1.54) is 0 Å². The van der Waals surface area contributed by atoms with E-state index in [9.17, 15) is 8.78 Å². The molecule has 0 saturated heterocycles. The average molecular weight is 208 g/mol. The number of alkyl halides is 2. The summed E-state index contributed by atoms with van der Waals surface area (Å²) in [6, 6.07) is 4.46. The highest BCUT2D eigenvalue weighted by Crippen LogP contribution is 2.28. The first-order valence-electron chi connectivity index (χ1n) is 3.94. The fraction of sp³-hybridized carbons (Fsp3) is 0.222. The normalized spacial score (nSPS) is 9.67. The molecule has 0 saturated carbocycles. The van der Waals surface area contributed by atoms with Crippen molar-refractivity contribution < 1.29 is 8.78 Å². The molecule has 15 heavy (non-hydrogen) atoms. The standard InChI is InChI=1S/C9H6F2N4/c10-9(11)8-6(14)3-5(4-13)15-7(8)1-2-12/h3,9H,1H2,(H2,14,15). The molecule has 1 rings (SSSR count). The number of halogens is 2. The fourth-order valence-corrected chi connectivity index (χ4v) is 1.15. The Morgan fingerprint density at radius 3 is 2.60 bits per heavy atom. The minimum atomic E-state index is -2.80. The van der Waals surface area contributed by atoms with Gasteiger partial charge in [-0.2, -0.15) is 10.5 Å². The second-order valence-electron chi connectivity index (χ2n) is 2.70. The SMILES string of the molecule is N#CCc1nc(C#N)cc(N)c1C(F)F. The molecular formula is C9H6F2N4. The smallest absolute Gasteiger partial charge is 0.267 e. The molecule has 4 nitrogen and oxygen atoms in total. The Hall–Kier alpha value is -2.21. The highest BCUT2D eigenvalue weighted by atomic mass is 19.3. The Morgan fingerprint density at radius 2 is 2.13 bits per heavy atom. The summed E-state index contributed by atoms with van der Waals surface area (Å²) in [5, 5.41) is 17.0. The lowest BCUT2D eigenvalue weighted by atomic mass is 10.1.